The van der Waals surface area contributed by atoms with Gasteiger partial charge in [-0.25, -0.2) is 8.42 Å². The number of hydrogen-bond acceptors (Lipinski definition) is 6. The molecular formula is C31H38BrN3O6S. The van der Waals surface area contributed by atoms with E-state index in [1.54, 1.807) is 12.1 Å². The van der Waals surface area contributed by atoms with E-state index in [1.165, 1.54) is 25.2 Å². The van der Waals surface area contributed by atoms with Gasteiger partial charge in [-0.3, -0.25) is 13.9 Å². The van der Waals surface area contributed by atoms with Gasteiger partial charge in [-0.1, -0.05) is 72.2 Å². The van der Waals surface area contributed by atoms with Gasteiger partial charge in [0.15, 0.2) is 0 Å². The molecule has 42 heavy (non-hydrogen) atoms. The van der Waals surface area contributed by atoms with Crippen LogP contribution in [0.5, 0.6) is 11.5 Å². The first-order chi connectivity index (χ1) is 19.9. The van der Waals surface area contributed by atoms with E-state index < -0.39 is 28.5 Å². The van der Waals surface area contributed by atoms with E-state index in [-0.39, 0.29) is 36.2 Å². The fourth-order valence-electron chi connectivity index (χ4n) is 4.39. The van der Waals surface area contributed by atoms with Crippen LogP contribution in [0.25, 0.3) is 0 Å². The lowest BCUT2D eigenvalue weighted by Crippen LogP contribution is -2.53. The highest BCUT2D eigenvalue weighted by Crippen LogP contribution is 2.34. The van der Waals surface area contributed by atoms with Crippen molar-refractivity contribution in [2.75, 3.05) is 37.9 Å². The minimum Gasteiger partial charge on any atom is -0.497 e. The molecule has 0 aliphatic heterocycles. The number of carbonyl (C=O) groups excluding carboxylic acids is 2. The molecule has 0 aliphatic rings. The van der Waals surface area contributed by atoms with Crippen LogP contribution in [0.1, 0.15) is 25.0 Å². The summed E-state index contributed by atoms with van der Waals surface area (Å²) in [5.41, 5.74) is 1.79. The zero-order valence-corrected chi connectivity index (χ0v) is 26.9. The third kappa shape index (κ3) is 9.22. The molecule has 1 N–H and O–H groups in total. The number of anilines is 1. The lowest BCUT2D eigenvalue weighted by molar-refractivity contribution is -0.140. The zero-order valence-electron chi connectivity index (χ0n) is 24.5. The summed E-state index contributed by atoms with van der Waals surface area (Å²) in [6.07, 6.45) is 1.26. The smallest absolute Gasteiger partial charge is 0.244 e. The average Bonchev–Trinajstić information content (AvgIpc) is 2.96. The number of rotatable bonds is 14. The van der Waals surface area contributed by atoms with Gasteiger partial charge >= 0.3 is 0 Å². The second-order valence-corrected chi connectivity index (χ2v) is 13.1. The molecule has 0 spiro atoms. The van der Waals surface area contributed by atoms with Crippen LogP contribution in [0.4, 0.5) is 5.69 Å². The first kappa shape index (κ1) is 32.9. The summed E-state index contributed by atoms with van der Waals surface area (Å²) in [6, 6.07) is 20.7. The second kappa shape index (κ2) is 15.1. The lowest BCUT2D eigenvalue weighted by atomic mass is 10.0. The topological polar surface area (TPSA) is 105 Å². The van der Waals surface area contributed by atoms with Crippen molar-refractivity contribution in [1.82, 2.24) is 10.2 Å². The largest absolute Gasteiger partial charge is 0.497 e. The van der Waals surface area contributed by atoms with Crippen molar-refractivity contribution < 1.29 is 27.5 Å². The number of methoxy groups -OCH3 is 2. The van der Waals surface area contributed by atoms with E-state index >= 15 is 0 Å². The summed E-state index contributed by atoms with van der Waals surface area (Å²) < 4.78 is 38.8. The van der Waals surface area contributed by atoms with Crippen molar-refractivity contribution in [2.24, 2.45) is 5.92 Å². The van der Waals surface area contributed by atoms with Crippen molar-refractivity contribution in [3.05, 3.63) is 88.4 Å². The summed E-state index contributed by atoms with van der Waals surface area (Å²) in [5.74, 6) is -0.0236. The Balaban J connectivity index is 2.10. The molecule has 0 unspecified atom stereocenters. The molecule has 0 fully saturated rings. The monoisotopic (exact) mass is 659 g/mol. The molecule has 0 radical (unpaired) electrons. The molecule has 3 aromatic rings. The summed E-state index contributed by atoms with van der Waals surface area (Å²) in [4.78, 5) is 29.4. The number of amides is 2. The van der Waals surface area contributed by atoms with Crippen LogP contribution in [0.2, 0.25) is 0 Å². The minimum absolute atomic E-state index is 0.0811. The predicted molar refractivity (Wildman–Crippen MR) is 168 cm³/mol. The summed E-state index contributed by atoms with van der Waals surface area (Å²) in [5, 5.41) is 2.97. The zero-order chi connectivity index (χ0) is 30.9. The van der Waals surface area contributed by atoms with Crippen molar-refractivity contribution >= 4 is 43.5 Å². The maximum absolute atomic E-state index is 14.2. The third-order valence-electron chi connectivity index (χ3n) is 6.53. The van der Waals surface area contributed by atoms with Crippen LogP contribution < -0.4 is 19.1 Å². The summed E-state index contributed by atoms with van der Waals surface area (Å²) >= 11 is 3.48. The van der Waals surface area contributed by atoms with Gasteiger partial charge in [-0.05, 0) is 41.3 Å². The maximum Gasteiger partial charge on any atom is 0.244 e. The number of carbonyl (C=O) groups is 2. The van der Waals surface area contributed by atoms with E-state index in [0.29, 0.717) is 12.3 Å². The van der Waals surface area contributed by atoms with Crippen LogP contribution in [0, 0.1) is 5.92 Å². The van der Waals surface area contributed by atoms with Crippen LogP contribution in [-0.4, -0.2) is 64.7 Å². The predicted octanol–water partition coefficient (Wildman–Crippen LogP) is 4.64. The van der Waals surface area contributed by atoms with Gasteiger partial charge in [0.05, 0.1) is 26.2 Å². The molecule has 0 aliphatic carbocycles. The fourth-order valence-corrected chi connectivity index (χ4v) is 5.69. The van der Waals surface area contributed by atoms with Crippen molar-refractivity contribution in [3.63, 3.8) is 0 Å². The first-order valence-electron chi connectivity index (χ1n) is 13.5. The van der Waals surface area contributed by atoms with Crippen LogP contribution >= 0.6 is 15.9 Å². The Morgan fingerprint density at radius 3 is 2.21 bits per heavy atom. The Bertz CT molecular complexity index is 1470. The molecule has 0 saturated carbocycles. The molecule has 0 aromatic heterocycles. The van der Waals surface area contributed by atoms with E-state index in [0.717, 1.165) is 26.2 Å². The number of ether oxygens (including phenoxy) is 2. The molecular weight excluding hydrogens is 622 g/mol. The van der Waals surface area contributed by atoms with Crippen LogP contribution in [0.15, 0.2) is 77.3 Å². The molecule has 0 bridgehead atoms. The fraction of sp³-hybridized carbons (Fsp3) is 0.355. The van der Waals surface area contributed by atoms with Gasteiger partial charge in [0.2, 0.25) is 21.8 Å². The van der Waals surface area contributed by atoms with Gasteiger partial charge in [0.25, 0.3) is 0 Å². The van der Waals surface area contributed by atoms with Gasteiger partial charge < -0.3 is 19.7 Å². The Kier molecular flexibility index (Phi) is 11.8. The average molecular weight is 661 g/mol. The molecule has 3 rings (SSSR count). The van der Waals surface area contributed by atoms with Crippen LogP contribution in [-0.2, 0) is 32.6 Å². The lowest BCUT2D eigenvalue weighted by Gasteiger charge is -2.34. The minimum atomic E-state index is -3.97. The van der Waals surface area contributed by atoms with Gasteiger partial charge in [0, 0.05) is 30.0 Å². The molecule has 0 saturated heterocycles. The normalized spacial score (nSPS) is 12.0. The molecule has 0 heterocycles. The Morgan fingerprint density at radius 1 is 0.929 bits per heavy atom. The van der Waals surface area contributed by atoms with Crippen LogP contribution in [0.3, 0.4) is 0 Å². The summed E-state index contributed by atoms with van der Waals surface area (Å²) in [7, 11) is -1.09. The molecule has 9 nitrogen and oxygen atoms in total. The number of benzene rings is 3. The van der Waals surface area contributed by atoms with E-state index in [1.807, 2.05) is 68.4 Å². The SMILES string of the molecule is COc1ccc(OC)c(N(CC(=O)N(Cc2cccc(Br)c2)[C@@H](Cc2ccccc2)C(=O)NCC(C)C)S(C)(=O)=O)c1. The number of sulfonamides is 1. The Morgan fingerprint density at radius 2 is 1.62 bits per heavy atom. The molecule has 226 valence electrons. The number of nitrogens with one attached hydrogen (secondary N) is 1. The highest BCUT2D eigenvalue weighted by atomic mass is 79.9. The van der Waals surface area contributed by atoms with E-state index in [9.17, 15) is 18.0 Å². The molecule has 3 aromatic carbocycles. The van der Waals surface area contributed by atoms with Crippen molar-refractivity contribution in [3.8, 4) is 11.5 Å². The highest BCUT2D eigenvalue weighted by Gasteiger charge is 2.34. The van der Waals surface area contributed by atoms with Crippen molar-refractivity contribution in [1.29, 1.82) is 0 Å². The quantitative estimate of drug-likeness (QED) is 0.270. The molecule has 1 atom stereocenters. The number of nitrogens with zero attached hydrogens (tertiary/aromatic N) is 2. The number of halogens is 1. The van der Waals surface area contributed by atoms with Gasteiger partial charge in [-0.2, -0.15) is 0 Å². The third-order valence-corrected chi connectivity index (χ3v) is 8.15. The first-order valence-corrected chi connectivity index (χ1v) is 16.1. The Hall–Kier alpha value is -3.57. The van der Waals surface area contributed by atoms with Crippen molar-refractivity contribution in [2.45, 2.75) is 32.9 Å². The molecule has 11 heteroatoms. The molecule has 2 amide bonds. The standard InChI is InChI=1S/C31H38BrN3O6S/c1-22(2)19-33-31(37)28(17-23-10-7-6-8-11-23)34(20-24-12-9-13-25(32)16-24)30(36)21-35(42(5,38)39)27-18-26(40-3)14-15-29(27)41-4/h6-16,18,22,28H,17,19-21H2,1-5H3,(H,33,37)/t28-/m0/s1. The maximum atomic E-state index is 14.2. The van der Waals surface area contributed by atoms with Gasteiger partial charge in [-0.15, -0.1) is 0 Å². The van der Waals surface area contributed by atoms with E-state index in [4.69, 9.17) is 9.47 Å². The van der Waals surface area contributed by atoms with E-state index in [2.05, 4.69) is 21.2 Å². The highest BCUT2D eigenvalue weighted by molar-refractivity contribution is 9.10. The van der Waals surface area contributed by atoms with Gasteiger partial charge in [0.1, 0.15) is 24.1 Å². The Labute approximate surface area is 257 Å². The second-order valence-electron chi connectivity index (χ2n) is 10.3. The number of hydrogen-bond donors (Lipinski definition) is 1. The summed E-state index contributed by atoms with van der Waals surface area (Å²) in [6.45, 7) is 3.93.